The fourth-order valence-corrected chi connectivity index (χ4v) is 3.10. The molecule has 0 bridgehead atoms. The Kier molecular flexibility index (Phi) is 5.75. The molecule has 1 fully saturated rings. The zero-order chi connectivity index (χ0) is 18.5. The molecule has 2 aromatic rings. The summed E-state index contributed by atoms with van der Waals surface area (Å²) < 4.78 is 10.8. The Morgan fingerprint density at radius 2 is 1.88 bits per heavy atom. The van der Waals surface area contributed by atoms with Crippen molar-refractivity contribution >= 4 is 11.9 Å². The summed E-state index contributed by atoms with van der Waals surface area (Å²) in [7, 11) is 1.65. The third-order valence-corrected chi connectivity index (χ3v) is 4.83. The number of carbonyl (C=O) groups excluding carboxylic acids is 1. The number of ether oxygens (including phenoxy) is 1. The number of aromatic nitrogens is 2. The molecule has 0 spiro atoms. The van der Waals surface area contributed by atoms with Gasteiger partial charge in [0.25, 0.3) is 0 Å². The van der Waals surface area contributed by atoms with E-state index in [1.165, 1.54) is 0 Å². The second-order valence-corrected chi connectivity index (χ2v) is 6.58. The third kappa shape index (κ3) is 4.15. The zero-order valence-electron chi connectivity index (χ0n) is 15.6. The molecule has 0 radical (unpaired) electrons. The molecular weight excluding hydrogens is 332 g/mol. The van der Waals surface area contributed by atoms with Crippen LogP contribution in [0.25, 0.3) is 0 Å². The molecule has 140 valence electrons. The summed E-state index contributed by atoms with van der Waals surface area (Å²) in [6, 6.07) is 8.47. The maximum atomic E-state index is 12.6. The van der Waals surface area contributed by atoms with Crippen molar-refractivity contribution in [2.45, 2.75) is 32.6 Å². The van der Waals surface area contributed by atoms with Gasteiger partial charge in [-0.25, -0.2) is 0 Å². The smallest absolute Gasteiger partial charge is 0.318 e. The van der Waals surface area contributed by atoms with Crippen LogP contribution in [0.1, 0.15) is 37.6 Å². The van der Waals surface area contributed by atoms with Crippen molar-refractivity contribution in [1.29, 1.82) is 0 Å². The third-order valence-electron chi connectivity index (χ3n) is 4.83. The van der Waals surface area contributed by atoms with Gasteiger partial charge in [0.05, 0.1) is 7.11 Å². The van der Waals surface area contributed by atoms with Crippen LogP contribution in [0.15, 0.2) is 28.7 Å². The van der Waals surface area contributed by atoms with Crippen LogP contribution >= 0.6 is 0 Å². The lowest BCUT2D eigenvalue weighted by molar-refractivity contribution is -0.131. The highest BCUT2D eigenvalue weighted by atomic mass is 16.5. The van der Waals surface area contributed by atoms with Gasteiger partial charge in [-0.3, -0.25) is 4.79 Å². The first-order valence-corrected chi connectivity index (χ1v) is 9.09. The van der Waals surface area contributed by atoms with E-state index in [0.29, 0.717) is 44.5 Å². The van der Waals surface area contributed by atoms with Crippen LogP contribution in [-0.4, -0.2) is 54.3 Å². The van der Waals surface area contributed by atoms with E-state index in [1.54, 1.807) is 7.11 Å². The standard InChI is InChI=1S/C19H26N4O3/c1-4-17-20-21-19(26-17)23-11-9-22(10-12-23)18(24)13-14(2)15-5-7-16(25-3)8-6-15/h5-8,14H,4,9-13H2,1-3H3. The Bertz CT molecular complexity index is 721. The molecule has 0 aliphatic carbocycles. The molecule has 7 heteroatoms. The highest BCUT2D eigenvalue weighted by Crippen LogP contribution is 2.23. The summed E-state index contributed by atoms with van der Waals surface area (Å²) in [5, 5.41) is 8.08. The number of aryl methyl sites for hydroxylation is 1. The SMILES string of the molecule is CCc1nnc(N2CCN(C(=O)CC(C)c3ccc(OC)cc3)CC2)o1. The van der Waals surface area contributed by atoms with Crippen molar-refractivity contribution in [2.75, 3.05) is 38.2 Å². The summed E-state index contributed by atoms with van der Waals surface area (Å²) in [5.41, 5.74) is 1.15. The lowest BCUT2D eigenvalue weighted by Crippen LogP contribution is -2.49. The Hall–Kier alpha value is -2.57. The number of hydrogen-bond donors (Lipinski definition) is 0. The van der Waals surface area contributed by atoms with Gasteiger partial charge in [0, 0.05) is 39.0 Å². The lowest BCUT2D eigenvalue weighted by atomic mass is 9.97. The molecule has 1 aliphatic rings. The zero-order valence-corrected chi connectivity index (χ0v) is 15.6. The van der Waals surface area contributed by atoms with Gasteiger partial charge in [0.1, 0.15) is 5.75 Å². The molecule has 7 nitrogen and oxygen atoms in total. The molecule has 1 saturated heterocycles. The number of hydrogen-bond acceptors (Lipinski definition) is 6. The average molecular weight is 358 g/mol. The molecule has 0 N–H and O–H groups in total. The van der Waals surface area contributed by atoms with E-state index >= 15 is 0 Å². The Balaban J connectivity index is 1.51. The van der Waals surface area contributed by atoms with E-state index in [-0.39, 0.29) is 11.8 Å². The minimum absolute atomic E-state index is 0.175. The molecule has 2 heterocycles. The molecular formula is C19H26N4O3. The summed E-state index contributed by atoms with van der Waals surface area (Å²) in [6.07, 6.45) is 1.24. The van der Waals surface area contributed by atoms with Gasteiger partial charge in [-0.15, -0.1) is 5.10 Å². The number of nitrogens with zero attached hydrogens (tertiary/aromatic N) is 4. The summed E-state index contributed by atoms with van der Waals surface area (Å²) >= 11 is 0. The van der Waals surface area contributed by atoms with Gasteiger partial charge in [-0.2, -0.15) is 0 Å². The molecule has 1 amide bonds. The number of piperazine rings is 1. The van der Waals surface area contributed by atoms with E-state index in [4.69, 9.17) is 9.15 Å². The van der Waals surface area contributed by atoms with E-state index in [9.17, 15) is 4.79 Å². The Morgan fingerprint density at radius 3 is 2.46 bits per heavy atom. The van der Waals surface area contributed by atoms with E-state index < -0.39 is 0 Å². The predicted molar refractivity (Wildman–Crippen MR) is 98.5 cm³/mol. The van der Waals surface area contributed by atoms with E-state index in [2.05, 4.69) is 17.1 Å². The number of benzene rings is 1. The van der Waals surface area contributed by atoms with Crippen molar-refractivity contribution in [1.82, 2.24) is 15.1 Å². The van der Waals surface area contributed by atoms with Gasteiger partial charge in [0.15, 0.2) is 0 Å². The van der Waals surface area contributed by atoms with E-state index in [1.807, 2.05) is 41.0 Å². The van der Waals surface area contributed by atoms with Crippen LogP contribution in [0.3, 0.4) is 0 Å². The van der Waals surface area contributed by atoms with Crippen LogP contribution in [0, 0.1) is 0 Å². The topological polar surface area (TPSA) is 71.7 Å². The normalized spacial score (nSPS) is 15.8. The van der Waals surface area contributed by atoms with Gasteiger partial charge < -0.3 is 19.0 Å². The number of anilines is 1. The number of rotatable bonds is 6. The summed E-state index contributed by atoms with van der Waals surface area (Å²) in [4.78, 5) is 16.6. The molecule has 1 aliphatic heterocycles. The molecule has 1 atom stereocenters. The summed E-state index contributed by atoms with van der Waals surface area (Å²) in [6.45, 7) is 6.86. The van der Waals surface area contributed by atoms with Gasteiger partial charge in [0.2, 0.25) is 11.8 Å². The van der Waals surface area contributed by atoms with Crippen LogP contribution in [0.2, 0.25) is 0 Å². The fourth-order valence-electron chi connectivity index (χ4n) is 3.10. The monoisotopic (exact) mass is 358 g/mol. The first kappa shape index (κ1) is 18.2. The minimum Gasteiger partial charge on any atom is -0.497 e. The number of amides is 1. The molecule has 3 rings (SSSR count). The quantitative estimate of drug-likeness (QED) is 0.790. The Labute approximate surface area is 153 Å². The van der Waals surface area contributed by atoms with Crippen molar-refractivity contribution in [2.24, 2.45) is 0 Å². The van der Waals surface area contributed by atoms with Crippen LogP contribution in [0.4, 0.5) is 6.01 Å². The molecule has 26 heavy (non-hydrogen) atoms. The van der Waals surface area contributed by atoms with Crippen LogP contribution < -0.4 is 9.64 Å². The predicted octanol–water partition coefficient (Wildman–Crippen LogP) is 2.48. The second-order valence-electron chi connectivity index (χ2n) is 6.58. The van der Waals surface area contributed by atoms with Crippen LogP contribution in [-0.2, 0) is 11.2 Å². The van der Waals surface area contributed by atoms with Crippen molar-refractivity contribution in [3.05, 3.63) is 35.7 Å². The van der Waals surface area contributed by atoms with Gasteiger partial charge in [-0.1, -0.05) is 31.1 Å². The van der Waals surface area contributed by atoms with Crippen molar-refractivity contribution in [3.63, 3.8) is 0 Å². The second kappa shape index (κ2) is 8.21. The first-order chi connectivity index (χ1) is 12.6. The van der Waals surface area contributed by atoms with Crippen molar-refractivity contribution < 1.29 is 13.9 Å². The Morgan fingerprint density at radius 1 is 1.19 bits per heavy atom. The maximum absolute atomic E-state index is 12.6. The molecule has 1 unspecified atom stereocenters. The fraction of sp³-hybridized carbons (Fsp3) is 0.526. The summed E-state index contributed by atoms with van der Waals surface area (Å²) in [5.74, 6) is 1.84. The van der Waals surface area contributed by atoms with Gasteiger partial charge >= 0.3 is 6.01 Å². The largest absolute Gasteiger partial charge is 0.497 e. The maximum Gasteiger partial charge on any atom is 0.318 e. The van der Waals surface area contributed by atoms with Crippen molar-refractivity contribution in [3.8, 4) is 5.75 Å². The average Bonchev–Trinajstić information content (AvgIpc) is 3.17. The molecule has 1 aromatic heterocycles. The molecule has 0 saturated carbocycles. The lowest BCUT2D eigenvalue weighted by Gasteiger charge is -2.34. The first-order valence-electron chi connectivity index (χ1n) is 9.09. The highest BCUT2D eigenvalue weighted by Gasteiger charge is 2.25. The number of carbonyl (C=O) groups is 1. The van der Waals surface area contributed by atoms with Gasteiger partial charge in [-0.05, 0) is 23.6 Å². The van der Waals surface area contributed by atoms with Crippen LogP contribution in [0.5, 0.6) is 5.75 Å². The minimum atomic E-state index is 0.175. The van der Waals surface area contributed by atoms with E-state index in [0.717, 1.165) is 17.7 Å². The molecule has 1 aromatic carbocycles. The number of methoxy groups -OCH3 is 1. The highest BCUT2D eigenvalue weighted by molar-refractivity contribution is 5.77.